The maximum Gasteiger partial charge on any atom is 0.135 e. The van der Waals surface area contributed by atoms with Crippen molar-refractivity contribution in [3.8, 4) is 0 Å². The molecule has 1 aromatic heterocycles. The molecule has 0 radical (unpaired) electrons. The van der Waals surface area contributed by atoms with E-state index in [0.717, 1.165) is 50.8 Å². The molecule has 0 saturated carbocycles. The second kappa shape index (κ2) is 11.1. The molecular formula is C19H33N3O2. The second-order valence-electron chi connectivity index (χ2n) is 7.03. The Kier molecular flexibility index (Phi) is 9.50. The molecule has 0 saturated heterocycles. The zero-order chi connectivity index (χ0) is 17.9. The van der Waals surface area contributed by atoms with Crippen molar-refractivity contribution in [2.45, 2.75) is 85.6 Å². The molecule has 24 heavy (non-hydrogen) atoms. The average molecular weight is 335 g/mol. The largest absolute Gasteiger partial charge is 0.299 e. The van der Waals surface area contributed by atoms with E-state index in [9.17, 15) is 9.59 Å². The smallest absolute Gasteiger partial charge is 0.135 e. The van der Waals surface area contributed by atoms with E-state index < -0.39 is 0 Å². The standard InChI is InChI=1S/C19H33N3O2/c1-5-16(4)19(24)12-8-9-13-22-14-17(20-21-22)10-6-7-11-18(23)15(2)3/h14-16H,5-13H2,1-4H3. The molecule has 0 aromatic carbocycles. The zero-order valence-corrected chi connectivity index (χ0v) is 15.8. The third-order valence-corrected chi connectivity index (χ3v) is 4.56. The first-order valence-electron chi connectivity index (χ1n) is 9.38. The molecule has 0 fully saturated rings. The lowest BCUT2D eigenvalue weighted by atomic mass is 9.99. The fraction of sp³-hybridized carbons (Fsp3) is 0.789. The number of carbonyl (C=O) groups is 2. The van der Waals surface area contributed by atoms with Crippen LogP contribution in [-0.2, 0) is 22.6 Å². The van der Waals surface area contributed by atoms with E-state index in [1.165, 1.54) is 0 Å². The summed E-state index contributed by atoms with van der Waals surface area (Å²) >= 11 is 0. The van der Waals surface area contributed by atoms with Gasteiger partial charge in [0.25, 0.3) is 0 Å². The number of aromatic nitrogens is 3. The van der Waals surface area contributed by atoms with Crippen LogP contribution in [0, 0.1) is 11.8 Å². The van der Waals surface area contributed by atoms with Gasteiger partial charge in [0.2, 0.25) is 0 Å². The van der Waals surface area contributed by atoms with Crippen LogP contribution in [0.4, 0.5) is 0 Å². The van der Waals surface area contributed by atoms with Crippen molar-refractivity contribution < 1.29 is 9.59 Å². The van der Waals surface area contributed by atoms with E-state index >= 15 is 0 Å². The predicted molar refractivity (Wildman–Crippen MR) is 95.7 cm³/mol. The van der Waals surface area contributed by atoms with Crippen LogP contribution in [-0.4, -0.2) is 26.6 Å². The fourth-order valence-electron chi connectivity index (χ4n) is 2.50. The quantitative estimate of drug-likeness (QED) is 0.511. The van der Waals surface area contributed by atoms with Gasteiger partial charge in [-0.3, -0.25) is 14.3 Å². The van der Waals surface area contributed by atoms with Gasteiger partial charge in [-0.2, -0.15) is 0 Å². The van der Waals surface area contributed by atoms with Gasteiger partial charge in [-0.1, -0.05) is 32.9 Å². The molecule has 5 heteroatoms. The molecule has 5 nitrogen and oxygen atoms in total. The van der Waals surface area contributed by atoms with Gasteiger partial charge in [0.05, 0.1) is 5.69 Å². The highest BCUT2D eigenvalue weighted by molar-refractivity contribution is 5.80. The van der Waals surface area contributed by atoms with Crippen molar-refractivity contribution in [2.24, 2.45) is 11.8 Å². The summed E-state index contributed by atoms with van der Waals surface area (Å²) in [4.78, 5) is 23.3. The van der Waals surface area contributed by atoms with Gasteiger partial charge in [0, 0.05) is 37.4 Å². The van der Waals surface area contributed by atoms with Crippen LogP contribution < -0.4 is 0 Å². The minimum absolute atomic E-state index is 0.137. The van der Waals surface area contributed by atoms with Gasteiger partial charge in [-0.05, 0) is 38.5 Å². The Bertz CT molecular complexity index is 508. The molecule has 0 amide bonds. The van der Waals surface area contributed by atoms with Gasteiger partial charge in [0.1, 0.15) is 11.6 Å². The number of rotatable bonds is 13. The third-order valence-electron chi connectivity index (χ3n) is 4.56. The Morgan fingerprint density at radius 3 is 2.38 bits per heavy atom. The summed E-state index contributed by atoms with van der Waals surface area (Å²) in [6.07, 6.45) is 8.87. The Balaban J connectivity index is 2.17. The predicted octanol–water partition coefficient (Wildman–Crippen LogP) is 4.00. The molecule has 0 spiro atoms. The molecule has 1 rings (SSSR count). The summed E-state index contributed by atoms with van der Waals surface area (Å²) in [5.41, 5.74) is 0.989. The van der Waals surface area contributed by atoms with E-state index in [2.05, 4.69) is 17.2 Å². The van der Waals surface area contributed by atoms with E-state index in [1.807, 2.05) is 31.6 Å². The molecule has 1 atom stereocenters. The number of ketones is 2. The monoisotopic (exact) mass is 335 g/mol. The molecule has 136 valence electrons. The van der Waals surface area contributed by atoms with Crippen LogP contribution in [0.25, 0.3) is 0 Å². The average Bonchev–Trinajstić information content (AvgIpc) is 3.01. The van der Waals surface area contributed by atoms with Gasteiger partial charge in [0.15, 0.2) is 0 Å². The number of aryl methyl sites for hydroxylation is 2. The van der Waals surface area contributed by atoms with Gasteiger partial charge < -0.3 is 0 Å². The minimum atomic E-state index is 0.137. The van der Waals surface area contributed by atoms with E-state index in [0.29, 0.717) is 24.4 Å². The van der Waals surface area contributed by atoms with Crippen LogP contribution in [0.1, 0.15) is 78.3 Å². The SMILES string of the molecule is CCC(C)C(=O)CCCCn1cc(CCCCC(=O)C(C)C)nn1. The molecule has 0 aliphatic rings. The first kappa shape index (κ1) is 20.5. The molecule has 0 aliphatic heterocycles. The van der Waals surface area contributed by atoms with E-state index in [-0.39, 0.29) is 11.8 Å². The number of nitrogens with zero attached hydrogens (tertiary/aromatic N) is 3. The lowest BCUT2D eigenvalue weighted by molar-refractivity contribution is -0.123. The summed E-state index contributed by atoms with van der Waals surface area (Å²) in [6.45, 7) is 8.76. The first-order valence-corrected chi connectivity index (χ1v) is 9.38. The summed E-state index contributed by atoms with van der Waals surface area (Å²) in [7, 11) is 0. The highest BCUT2D eigenvalue weighted by Gasteiger charge is 2.10. The lowest BCUT2D eigenvalue weighted by Gasteiger charge is -2.06. The number of Topliss-reactive ketones (excluding diaryl/α,β-unsaturated/α-hetero) is 2. The topological polar surface area (TPSA) is 64.8 Å². The number of unbranched alkanes of at least 4 members (excludes halogenated alkanes) is 2. The molecule has 1 unspecified atom stereocenters. The number of hydrogen-bond acceptors (Lipinski definition) is 4. The van der Waals surface area contributed by atoms with Gasteiger partial charge in [-0.15, -0.1) is 5.10 Å². The van der Waals surface area contributed by atoms with Gasteiger partial charge in [-0.25, -0.2) is 0 Å². The molecule has 0 N–H and O–H groups in total. The maximum atomic E-state index is 11.8. The Labute approximate surface area is 146 Å². The van der Waals surface area contributed by atoms with E-state index in [1.54, 1.807) is 0 Å². The number of carbonyl (C=O) groups excluding carboxylic acids is 2. The molecule has 1 aromatic rings. The minimum Gasteiger partial charge on any atom is -0.299 e. The second-order valence-corrected chi connectivity index (χ2v) is 7.03. The molecular weight excluding hydrogens is 302 g/mol. The van der Waals surface area contributed by atoms with Crippen LogP contribution in [0.5, 0.6) is 0 Å². The normalized spacial score (nSPS) is 12.5. The van der Waals surface area contributed by atoms with Crippen molar-refractivity contribution in [2.75, 3.05) is 0 Å². The van der Waals surface area contributed by atoms with Crippen molar-refractivity contribution in [1.29, 1.82) is 0 Å². The van der Waals surface area contributed by atoms with Crippen molar-refractivity contribution in [3.63, 3.8) is 0 Å². The molecule has 0 aliphatic carbocycles. The fourth-order valence-corrected chi connectivity index (χ4v) is 2.50. The lowest BCUT2D eigenvalue weighted by Crippen LogP contribution is -2.09. The van der Waals surface area contributed by atoms with Crippen molar-refractivity contribution in [1.82, 2.24) is 15.0 Å². The van der Waals surface area contributed by atoms with E-state index in [4.69, 9.17) is 0 Å². The van der Waals surface area contributed by atoms with Gasteiger partial charge >= 0.3 is 0 Å². The summed E-state index contributed by atoms with van der Waals surface area (Å²) < 4.78 is 1.86. The maximum absolute atomic E-state index is 11.8. The Morgan fingerprint density at radius 1 is 1.04 bits per heavy atom. The Morgan fingerprint density at radius 2 is 1.71 bits per heavy atom. The van der Waals surface area contributed by atoms with Crippen molar-refractivity contribution >= 4 is 11.6 Å². The summed E-state index contributed by atoms with van der Waals surface area (Å²) in [5.74, 6) is 1.03. The molecule has 0 bridgehead atoms. The van der Waals surface area contributed by atoms with Crippen LogP contribution in [0.2, 0.25) is 0 Å². The third kappa shape index (κ3) is 7.84. The highest BCUT2D eigenvalue weighted by Crippen LogP contribution is 2.10. The summed E-state index contributed by atoms with van der Waals surface area (Å²) in [6, 6.07) is 0. The highest BCUT2D eigenvalue weighted by atomic mass is 16.1. The van der Waals surface area contributed by atoms with Crippen molar-refractivity contribution in [3.05, 3.63) is 11.9 Å². The van der Waals surface area contributed by atoms with Crippen LogP contribution >= 0.6 is 0 Å². The Hall–Kier alpha value is -1.52. The number of hydrogen-bond donors (Lipinski definition) is 0. The first-order chi connectivity index (χ1) is 11.4. The van der Waals surface area contributed by atoms with Crippen LogP contribution in [0.3, 0.4) is 0 Å². The molecule has 1 heterocycles. The summed E-state index contributed by atoms with van der Waals surface area (Å²) in [5, 5.41) is 8.33. The zero-order valence-electron chi connectivity index (χ0n) is 15.8. The van der Waals surface area contributed by atoms with Crippen LogP contribution in [0.15, 0.2) is 6.20 Å².